The van der Waals surface area contributed by atoms with Crippen LogP contribution in [-0.4, -0.2) is 69.4 Å². The average molecular weight is 1190 g/mol. The Hall–Kier alpha value is -9.54. The van der Waals surface area contributed by atoms with Crippen molar-refractivity contribution in [3.8, 4) is 52.5 Å². The number of nitrogens with zero attached hydrogens (tertiary/aromatic N) is 9. The molecule has 0 saturated heterocycles. The van der Waals surface area contributed by atoms with Crippen molar-refractivity contribution in [2.45, 2.75) is 117 Å². The molecule has 90 heavy (non-hydrogen) atoms. The van der Waals surface area contributed by atoms with Crippen LogP contribution >= 0.6 is 0 Å². The van der Waals surface area contributed by atoms with Gasteiger partial charge < -0.3 is 28.4 Å². The van der Waals surface area contributed by atoms with Gasteiger partial charge in [0.15, 0.2) is 0 Å². The van der Waals surface area contributed by atoms with Gasteiger partial charge in [0.1, 0.15) is 51.6 Å². The highest BCUT2D eigenvalue weighted by Crippen LogP contribution is 2.58. The molecule has 450 valence electrons. The van der Waals surface area contributed by atoms with Gasteiger partial charge in [-0.25, -0.2) is 0 Å². The van der Waals surface area contributed by atoms with E-state index in [1.165, 1.54) is 33.4 Å². The van der Waals surface area contributed by atoms with Gasteiger partial charge in [-0.15, -0.1) is 15.0 Å². The van der Waals surface area contributed by atoms with Crippen LogP contribution in [0.3, 0.4) is 0 Å². The van der Waals surface area contributed by atoms with Crippen LogP contribution in [0.2, 0.25) is 0 Å². The average Bonchev–Trinajstić information content (AvgIpc) is 1.55. The molecule has 6 aliphatic rings. The normalized spacial score (nSPS) is 21.9. The third-order valence-electron chi connectivity index (χ3n) is 20.7. The first-order valence-electron chi connectivity index (χ1n) is 30.7. The lowest BCUT2D eigenvalue weighted by Gasteiger charge is -2.41. The van der Waals surface area contributed by atoms with Crippen molar-refractivity contribution in [1.82, 2.24) is 29.7 Å². The molecule has 0 fully saturated rings. The summed E-state index contributed by atoms with van der Waals surface area (Å²) in [4.78, 5) is 36.9. The topological polar surface area (TPSA) is 141 Å². The van der Waals surface area contributed by atoms with Crippen LogP contribution in [-0.2, 0) is 33.8 Å². The molecule has 3 unspecified atom stereocenters. The number of aliphatic imine (C=N–C) groups is 3. The molecular formula is C75H69N9O6. The molecule has 0 N–H and O–H groups in total. The number of ether oxygens (including phenoxy) is 6. The summed E-state index contributed by atoms with van der Waals surface area (Å²) in [6.45, 7) is 26.4. The van der Waals surface area contributed by atoms with Gasteiger partial charge in [-0.2, -0.15) is 0 Å². The molecule has 15 heteroatoms. The number of hydrogen-bond donors (Lipinski definition) is 0. The van der Waals surface area contributed by atoms with Gasteiger partial charge >= 0.3 is 18.0 Å². The summed E-state index contributed by atoms with van der Waals surface area (Å²) in [6.07, 6.45) is 5.84. The van der Waals surface area contributed by atoms with E-state index in [-0.39, 0.29) is 34.6 Å². The summed E-state index contributed by atoms with van der Waals surface area (Å²) >= 11 is 0. The van der Waals surface area contributed by atoms with E-state index in [0.717, 1.165) is 65.7 Å². The number of hydrogen-bond acceptors (Lipinski definition) is 15. The summed E-state index contributed by atoms with van der Waals surface area (Å²) < 4.78 is 41.4. The van der Waals surface area contributed by atoms with Gasteiger partial charge in [0.25, 0.3) is 0 Å². The van der Waals surface area contributed by atoms with Gasteiger partial charge in [-0.1, -0.05) is 72.8 Å². The Morgan fingerprint density at radius 2 is 0.567 bits per heavy atom. The van der Waals surface area contributed by atoms with Crippen molar-refractivity contribution in [2.75, 3.05) is 21.1 Å². The molecule has 0 saturated carbocycles. The Morgan fingerprint density at radius 3 is 0.833 bits per heavy atom. The molecule has 15 nitrogen and oxygen atoms in total. The minimum Gasteiger partial charge on any atom is -0.461 e. The zero-order valence-electron chi connectivity index (χ0n) is 53.3. The summed E-state index contributed by atoms with van der Waals surface area (Å²) in [5.74, 6) is 3.30. The molecule has 16 rings (SSSR count). The highest BCUT2D eigenvalue weighted by molar-refractivity contribution is 6.02. The second-order valence-corrected chi connectivity index (χ2v) is 26.7. The Bertz CT molecular complexity index is 4450. The van der Waals surface area contributed by atoms with Crippen LogP contribution < -0.4 is 28.4 Å². The zero-order chi connectivity index (χ0) is 62.5. The fourth-order valence-electron chi connectivity index (χ4n) is 15.7. The molecule has 0 amide bonds. The Balaban J connectivity index is 0.766. The highest BCUT2D eigenvalue weighted by atomic mass is 16.5. The van der Waals surface area contributed by atoms with Crippen molar-refractivity contribution in [2.24, 2.45) is 15.0 Å². The predicted octanol–water partition coefficient (Wildman–Crippen LogP) is 16.9. The van der Waals surface area contributed by atoms with E-state index in [1.807, 2.05) is 110 Å². The number of aromatic nitrogens is 3. The monoisotopic (exact) mass is 1190 g/mol. The van der Waals surface area contributed by atoms with Crippen molar-refractivity contribution in [1.29, 1.82) is 0 Å². The van der Waals surface area contributed by atoms with E-state index in [2.05, 4.69) is 155 Å². The van der Waals surface area contributed by atoms with E-state index < -0.39 is 17.2 Å². The lowest BCUT2D eigenvalue weighted by molar-refractivity contribution is -0.0479. The maximum Gasteiger partial charge on any atom is 0.331 e. The first-order valence-corrected chi connectivity index (χ1v) is 30.7. The predicted molar refractivity (Wildman–Crippen MR) is 353 cm³/mol. The van der Waals surface area contributed by atoms with Gasteiger partial charge in [0.05, 0.1) is 18.6 Å². The van der Waals surface area contributed by atoms with Gasteiger partial charge in [-0.05, 0) is 225 Å². The summed E-state index contributed by atoms with van der Waals surface area (Å²) in [6, 6.07) is 42.4. The zero-order valence-corrected chi connectivity index (χ0v) is 53.3. The smallest absolute Gasteiger partial charge is 0.331 e. The highest BCUT2D eigenvalue weighted by Gasteiger charge is 2.59. The van der Waals surface area contributed by atoms with Crippen LogP contribution in [0.25, 0.3) is 32.3 Å². The molecule has 10 aromatic rings. The van der Waals surface area contributed by atoms with Gasteiger partial charge in [0.2, 0.25) is 17.2 Å². The summed E-state index contributed by atoms with van der Waals surface area (Å²) in [7, 11) is 6.32. The minimum atomic E-state index is -0.908. The van der Waals surface area contributed by atoms with Crippen LogP contribution in [0.4, 0.5) is 17.1 Å². The molecule has 9 aromatic carbocycles. The standard InChI is InChI=1S/C75H69N9O6/c1-40-16-19-43(4)61-58(40)70(7,8)82(13)73(61)37-76-64-52-34-49(28-22-46(52)25-31-55(64)88-73)85-67-79-68(86-50-29-23-47-26-32-56-65(53(47)35-50)77-38-74(89-56)62-44(5)20-17-41(2)59(62)71(9,10)83(74)14)81-69(80-67)87-51-30-24-48-27-33-57-66(54(48)36-51)78-39-75(90-57)63-45(6)21-18-42(3)60(63)72(11,12)84(75)15/h16-39H,1-15H3. The Morgan fingerprint density at radius 1 is 0.322 bits per heavy atom. The Kier molecular flexibility index (Phi) is 11.6. The third-order valence-corrected chi connectivity index (χ3v) is 20.7. The van der Waals surface area contributed by atoms with E-state index in [9.17, 15) is 0 Å². The van der Waals surface area contributed by atoms with Crippen molar-refractivity contribution in [3.63, 3.8) is 0 Å². The Labute approximate surface area is 523 Å². The number of benzene rings is 9. The SMILES string of the molecule is Cc1ccc(C)c2c1C(C)(C)N(C)C21C=Nc2c(ccc3ccc(Oc4nc(Oc5ccc6ccc7c(c6c5)N=CC5(O7)c6c(C)ccc(C)c6C(C)(C)N5C)nc(Oc5ccc6ccc7c(c6c5)N=CC5(O7)c6c(C)ccc(C)c6C(C)(C)N5C)n4)cc23)O1. The molecule has 7 heterocycles. The number of aryl methyl sites for hydroxylation is 6. The quantitative estimate of drug-likeness (QED) is 0.156. The number of fused-ring (bicyclic) bond motifs is 15. The van der Waals surface area contributed by atoms with Crippen molar-refractivity contribution >= 4 is 68.0 Å². The van der Waals surface area contributed by atoms with Gasteiger partial charge in [-0.3, -0.25) is 29.7 Å². The largest absolute Gasteiger partial charge is 0.461 e. The molecular weight excluding hydrogens is 1120 g/mol. The third kappa shape index (κ3) is 7.63. The molecule has 6 aliphatic heterocycles. The summed E-state index contributed by atoms with van der Waals surface area (Å²) in [5, 5.41) is 5.31. The van der Waals surface area contributed by atoms with E-state index in [4.69, 9.17) is 58.4 Å². The number of rotatable bonds is 6. The molecule has 1 aromatic heterocycles. The lowest BCUT2D eigenvalue weighted by Crippen LogP contribution is -2.51. The van der Waals surface area contributed by atoms with E-state index in [1.54, 1.807) is 0 Å². The second kappa shape index (κ2) is 18.8. The van der Waals surface area contributed by atoms with Crippen LogP contribution in [0, 0.1) is 41.5 Å². The molecule has 3 atom stereocenters. The van der Waals surface area contributed by atoms with Crippen LogP contribution in [0.1, 0.15) is 108 Å². The van der Waals surface area contributed by atoms with Crippen molar-refractivity contribution in [3.05, 3.63) is 194 Å². The maximum absolute atomic E-state index is 7.16. The van der Waals surface area contributed by atoms with Gasteiger partial charge in [0, 0.05) is 49.5 Å². The molecule has 3 spiro atoms. The fraction of sp³-hybridized carbons (Fsp3) is 0.280. The first kappa shape index (κ1) is 55.7. The summed E-state index contributed by atoms with van der Waals surface area (Å²) in [5.41, 5.74) is 12.6. The van der Waals surface area contributed by atoms with E-state index >= 15 is 0 Å². The molecule has 0 radical (unpaired) electrons. The molecule has 0 aliphatic carbocycles. The minimum absolute atomic E-state index is 0.0677. The molecule has 0 bridgehead atoms. The second-order valence-electron chi connectivity index (χ2n) is 26.7. The lowest BCUT2D eigenvalue weighted by atomic mass is 9.86. The first-order chi connectivity index (χ1) is 42.9. The van der Waals surface area contributed by atoms with Crippen LogP contribution in [0.15, 0.2) is 142 Å². The van der Waals surface area contributed by atoms with E-state index in [0.29, 0.717) is 51.6 Å². The van der Waals surface area contributed by atoms with Crippen molar-refractivity contribution < 1.29 is 28.4 Å². The fourth-order valence-corrected chi connectivity index (χ4v) is 15.7. The van der Waals surface area contributed by atoms with Crippen LogP contribution in [0.5, 0.6) is 52.5 Å². The maximum atomic E-state index is 7.16.